The third-order valence-electron chi connectivity index (χ3n) is 6.86. The molecular weight excluding hydrogens is 546 g/mol. The lowest BCUT2D eigenvalue weighted by molar-refractivity contribution is -0.130. The molecular formula is C31H30F2N4O5. The van der Waals surface area contributed by atoms with Gasteiger partial charge in [-0.2, -0.15) is 0 Å². The number of hydrogen-bond acceptors (Lipinski definition) is 6. The van der Waals surface area contributed by atoms with Crippen molar-refractivity contribution in [2.75, 3.05) is 18.2 Å². The molecule has 42 heavy (non-hydrogen) atoms. The largest absolute Gasteiger partial charge is 0.454 e. The van der Waals surface area contributed by atoms with Gasteiger partial charge in [-0.25, -0.2) is 13.8 Å². The first-order valence-corrected chi connectivity index (χ1v) is 13.5. The van der Waals surface area contributed by atoms with Gasteiger partial charge in [-0.1, -0.05) is 31.2 Å². The van der Waals surface area contributed by atoms with E-state index in [4.69, 9.17) is 14.5 Å². The number of nitrogens with zero attached hydrogens (tertiary/aromatic N) is 2. The zero-order chi connectivity index (χ0) is 30.0. The maximum atomic E-state index is 14.0. The van der Waals surface area contributed by atoms with E-state index in [0.717, 1.165) is 12.1 Å². The van der Waals surface area contributed by atoms with Crippen molar-refractivity contribution in [1.29, 1.82) is 0 Å². The highest BCUT2D eigenvalue weighted by Gasteiger charge is 2.35. The number of halogens is 2. The summed E-state index contributed by atoms with van der Waals surface area (Å²) in [5, 5.41) is 5.51. The lowest BCUT2D eigenvalue weighted by Crippen LogP contribution is -2.51. The molecule has 2 N–H and O–H groups in total. The van der Waals surface area contributed by atoms with Crippen LogP contribution in [0.4, 0.5) is 14.5 Å². The van der Waals surface area contributed by atoms with Crippen LogP contribution < -0.4 is 25.0 Å². The van der Waals surface area contributed by atoms with Crippen LogP contribution in [-0.2, 0) is 20.8 Å². The number of ether oxygens (including phenoxy) is 2. The van der Waals surface area contributed by atoms with Crippen LogP contribution in [-0.4, -0.2) is 49.0 Å². The molecule has 218 valence electrons. The fourth-order valence-corrected chi connectivity index (χ4v) is 4.86. The molecule has 3 amide bonds. The summed E-state index contributed by atoms with van der Waals surface area (Å²) >= 11 is 0. The van der Waals surface area contributed by atoms with E-state index in [1.165, 1.54) is 11.0 Å². The lowest BCUT2D eigenvalue weighted by atomic mass is 9.99. The molecule has 11 heteroatoms. The van der Waals surface area contributed by atoms with Gasteiger partial charge in [0.15, 0.2) is 23.1 Å². The van der Waals surface area contributed by atoms with Crippen molar-refractivity contribution < 1.29 is 32.6 Å². The molecule has 3 aromatic carbocycles. The Hall–Kier alpha value is -4.80. The van der Waals surface area contributed by atoms with Gasteiger partial charge in [0.25, 0.3) is 5.91 Å². The van der Waals surface area contributed by atoms with Crippen LogP contribution in [0, 0.1) is 17.6 Å². The first-order chi connectivity index (χ1) is 20.1. The highest BCUT2D eigenvalue weighted by Crippen LogP contribution is 2.35. The second kappa shape index (κ2) is 12.0. The Kier molecular flexibility index (Phi) is 8.19. The molecule has 0 aromatic heterocycles. The van der Waals surface area contributed by atoms with Gasteiger partial charge in [-0.3, -0.25) is 19.3 Å². The van der Waals surface area contributed by atoms with Gasteiger partial charge in [-0.05, 0) is 62.2 Å². The zero-order valence-electron chi connectivity index (χ0n) is 23.3. The first kappa shape index (κ1) is 28.7. The predicted molar refractivity (Wildman–Crippen MR) is 151 cm³/mol. The van der Waals surface area contributed by atoms with E-state index in [2.05, 4.69) is 10.6 Å². The summed E-state index contributed by atoms with van der Waals surface area (Å²) in [5.41, 5.74) is 2.47. The Balaban J connectivity index is 1.51. The smallest absolute Gasteiger partial charge is 0.272 e. The highest BCUT2D eigenvalue weighted by atomic mass is 19.2. The van der Waals surface area contributed by atoms with E-state index < -0.39 is 35.5 Å². The topological polar surface area (TPSA) is 109 Å². The number of fused-ring (bicyclic) bond motifs is 2. The Morgan fingerprint density at radius 1 is 1.00 bits per heavy atom. The maximum Gasteiger partial charge on any atom is 0.272 e. The Morgan fingerprint density at radius 3 is 2.52 bits per heavy atom. The number of anilines is 1. The maximum absolute atomic E-state index is 14.0. The Bertz CT molecular complexity index is 1570. The Labute approximate surface area is 241 Å². The van der Waals surface area contributed by atoms with E-state index in [1.807, 2.05) is 13.8 Å². The molecule has 0 bridgehead atoms. The summed E-state index contributed by atoms with van der Waals surface area (Å²) in [4.78, 5) is 46.2. The van der Waals surface area contributed by atoms with Gasteiger partial charge in [-0.15, -0.1) is 0 Å². The van der Waals surface area contributed by atoms with E-state index in [9.17, 15) is 23.2 Å². The number of aliphatic imine (C=N–C) groups is 1. The number of amides is 3. The van der Waals surface area contributed by atoms with Crippen molar-refractivity contribution in [2.45, 2.75) is 39.4 Å². The van der Waals surface area contributed by atoms with Crippen molar-refractivity contribution >= 4 is 29.1 Å². The molecule has 0 saturated carbocycles. The average molecular weight is 577 g/mol. The molecule has 2 aliphatic heterocycles. The monoisotopic (exact) mass is 576 g/mol. The molecule has 3 aromatic rings. The molecule has 0 saturated heterocycles. The SMILES string of the molecule is CC(C)NC(=O)CN1C(=O)C(NC(=O)[C@@H](C)Cc2ccc(F)c(F)c2)N=C(c2ccc3c(c2)OCO3)c2ccccc21. The molecule has 0 fully saturated rings. The van der Waals surface area contributed by atoms with E-state index in [1.54, 1.807) is 49.4 Å². The number of para-hydroxylation sites is 1. The van der Waals surface area contributed by atoms with Crippen LogP contribution >= 0.6 is 0 Å². The van der Waals surface area contributed by atoms with Crippen LogP contribution in [0.15, 0.2) is 65.7 Å². The zero-order valence-corrected chi connectivity index (χ0v) is 23.3. The number of benzene rings is 3. The molecule has 0 aliphatic carbocycles. The number of rotatable bonds is 8. The van der Waals surface area contributed by atoms with Crippen LogP contribution in [0.5, 0.6) is 11.5 Å². The van der Waals surface area contributed by atoms with E-state index >= 15 is 0 Å². The van der Waals surface area contributed by atoms with Gasteiger partial charge >= 0.3 is 0 Å². The van der Waals surface area contributed by atoms with Crippen LogP contribution in [0.3, 0.4) is 0 Å². The molecule has 9 nitrogen and oxygen atoms in total. The summed E-state index contributed by atoms with van der Waals surface area (Å²) in [6.45, 7) is 5.02. The first-order valence-electron chi connectivity index (χ1n) is 13.5. The fourth-order valence-electron chi connectivity index (χ4n) is 4.86. The second-order valence-electron chi connectivity index (χ2n) is 10.5. The van der Waals surface area contributed by atoms with E-state index in [-0.39, 0.29) is 31.7 Å². The third-order valence-corrected chi connectivity index (χ3v) is 6.86. The molecule has 5 rings (SSSR count). The van der Waals surface area contributed by atoms with Gasteiger partial charge < -0.3 is 20.1 Å². The molecule has 2 heterocycles. The lowest BCUT2D eigenvalue weighted by Gasteiger charge is -2.26. The normalized spacial score (nSPS) is 16.4. The minimum Gasteiger partial charge on any atom is -0.454 e. The minimum atomic E-state index is -1.38. The van der Waals surface area contributed by atoms with Gasteiger partial charge in [0, 0.05) is 23.1 Å². The van der Waals surface area contributed by atoms with Crippen molar-refractivity contribution in [3.8, 4) is 11.5 Å². The molecule has 0 radical (unpaired) electrons. The van der Waals surface area contributed by atoms with Crippen molar-refractivity contribution in [2.24, 2.45) is 10.9 Å². The quantitative estimate of drug-likeness (QED) is 0.425. The Morgan fingerprint density at radius 2 is 1.76 bits per heavy atom. The van der Waals surface area contributed by atoms with E-state index in [0.29, 0.717) is 39.6 Å². The average Bonchev–Trinajstić information content (AvgIpc) is 3.39. The predicted octanol–water partition coefficient (Wildman–Crippen LogP) is 3.72. The summed E-state index contributed by atoms with van der Waals surface area (Å²) in [6.07, 6.45) is -1.28. The molecule has 2 aliphatic rings. The number of benzodiazepines with no additional fused rings is 1. The number of nitrogens with one attached hydrogen (secondary N) is 2. The summed E-state index contributed by atoms with van der Waals surface area (Å²) < 4.78 is 38.1. The molecule has 1 unspecified atom stereocenters. The molecule has 2 atom stereocenters. The minimum absolute atomic E-state index is 0.0770. The number of carbonyl (C=O) groups is 3. The van der Waals surface area contributed by atoms with Crippen LogP contribution in [0.1, 0.15) is 37.5 Å². The van der Waals surface area contributed by atoms with Crippen molar-refractivity contribution in [3.63, 3.8) is 0 Å². The van der Waals surface area contributed by atoms with Gasteiger partial charge in [0.05, 0.1) is 11.4 Å². The van der Waals surface area contributed by atoms with Crippen LogP contribution in [0.25, 0.3) is 0 Å². The van der Waals surface area contributed by atoms with Crippen molar-refractivity contribution in [1.82, 2.24) is 10.6 Å². The summed E-state index contributed by atoms with van der Waals surface area (Å²) in [6, 6.07) is 15.6. The highest BCUT2D eigenvalue weighted by molar-refractivity contribution is 6.21. The summed E-state index contributed by atoms with van der Waals surface area (Å²) in [5.74, 6) is -3.13. The number of hydrogen-bond donors (Lipinski definition) is 2. The van der Waals surface area contributed by atoms with Gasteiger partial charge in [0.2, 0.25) is 24.8 Å². The molecule has 0 spiro atoms. The summed E-state index contributed by atoms with van der Waals surface area (Å²) in [7, 11) is 0. The second-order valence-corrected chi connectivity index (χ2v) is 10.5. The third kappa shape index (κ3) is 6.09. The number of carbonyl (C=O) groups excluding carboxylic acids is 3. The standard InChI is InChI=1S/C31H30F2N4O5/c1-17(2)34-27(38)15-37-24-7-5-4-6-21(24)28(20-9-11-25-26(14-20)42-16-41-25)35-29(31(37)40)36-30(39)18(3)12-19-8-10-22(32)23(33)13-19/h4-11,13-14,17-18,29H,12,15-16H2,1-3H3,(H,34,38)(H,36,39)/t18-,29?/m0/s1. The fraction of sp³-hybridized carbons (Fsp3) is 0.290. The van der Waals surface area contributed by atoms with Gasteiger partial charge in [0.1, 0.15) is 6.54 Å². The van der Waals surface area contributed by atoms with Crippen LogP contribution in [0.2, 0.25) is 0 Å². The van der Waals surface area contributed by atoms with Crippen molar-refractivity contribution in [3.05, 3.63) is 89.0 Å².